The number of nitrogens with one attached hydrogen (secondary N) is 1. The average Bonchev–Trinajstić information content (AvgIpc) is 3.35. The number of hydrogen-bond acceptors (Lipinski definition) is 8. The van der Waals surface area contributed by atoms with Crippen LogP contribution in [-0.4, -0.2) is 56.2 Å². The van der Waals surface area contributed by atoms with Crippen molar-refractivity contribution in [1.29, 1.82) is 0 Å². The Morgan fingerprint density at radius 1 is 1.38 bits per heavy atom. The summed E-state index contributed by atoms with van der Waals surface area (Å²) in [6.07, 6.45) is 2.32. The van der Waals surface area contributed by atoms with E-state index in [2.05, 4.69) is 32.1 Å². The molecule has 1 unspecified atom stereocenters. The van der Waals surface area contributed by atoms with Gasteiger partial charge < -0.3 is 24.3 Å². The number of aromatic amines is 1. The van der Waals surface area contributed by atoms with Crippen molar-refractivity contribution in [3.8, 4) is 28.9 Å². The molecule has 1 aliphatic heterocycles. The number of H-pyrrole nitrogens is 1. The van der Waals surface area contributed by atoms with Crippen molar-refractivity contribution in [2.24, 2.45) is 0 Å². The van der Waals surface area contributed by atoms with Crippen molar-refractivity contribution >= 4 is 5.82 Å². The van der Waals surface area contributed by atoms with Crippen molar-refractivity contribution in [3.05, 3.63) is 40.6 Å². The summed E-state index contributed by atoms with van der Waals surface area (Å²) in [4.78, 5) is 23.0. The van der Waals surface area contributed by atoms with Gasteiger partial charge in [0.1, 0.15) is 18.1 Å². The van der Waals surface area contributed by atoms with Crippen LogP contribution in [0.25, 0.3) is 23.1 Å². The first-order valence-corrected chi connectivity index (χ1v) is 8.07. The van der Waals surface area contributed by atoms with Gasteiger partial charge in [0.15, 0.2) is 0 Å². The highest BCUT2D eigenvalue weighted by molar-refractivity contribution is 5.58. The molecule has 10 nitrogen and oxygen atoms in total. The molecular weight excluding hydrogens is 340 g/mol. The number of rotatable bonds is 5. The predicted molar refractivity (Wildman–Crippen MR) is 90.5 cm³/mol. The number of aromatic nitrogens is 4. The second-order valence-corrected chi connectivity index (χ2v) is 6.11. The second kappa shape index (κ2) is 6.56. The Morgan fingerprint density at radius 3 is 2.85 bits per heavy atom. The summed E-state index contributed by atoms with van der Waals surface area (Å²) in [7, 11) is 2.08. The van der Waals surface area contributed by atoms with Crippen molar-refractivity contribution in [2.45, 2.75) is 12.5 Å². The fraction of sp³-hybridized carbons (Fsp3) is 0.312. The van der Waals surface area contributed by atoms with Crippen molar-refractivity contribution in [2.75, 3.05) is 20.1 Å². The summed E-state index contributed by atoms with van der Waals surface area (Å²) in [6.45, 7) is 1.96. The molecule has 1 aliphatic rings. The fourth-order valence-corrected chi connectivity index (χ4v) is 2.82. The van der Waals surface area contributed by atoms with Gasteiger partial charge in [0, 0.05) is 18.7 Å². The lowest BCUT2D eigenvalue weighted by Gasteiger charge is -2.13. The maximum Gasteiger partial charge on any atom is 0.341 e. The minimum Gasteiger partial charge on any atom is -0.489 e. The zero-order valence-corrected chi connectivity index (χ0v) is 14.0. The van der Waals surface area contributed by atoms with Crippen LogP contribution >= 0.6 is 0 Å². The SMILES string of the molecule is CN1CCC(Oc2ccc(-c3noc(-c4ncc([N+](=O)[O-])[nH]4)n3)cc2)C1. The quantitative estimate of drug-likeness (QED) is 0.544. The first-order valence-electron chi connectivity index (χ1n) is 8.07. The third kappa shape index (κ3) is 3.26. The van der Waals surface area contributed by atoms with E-state index in [1.54, 1.807) is 0 Å². The molecule has 0 aliphatic carbocycles. The summed E-state index contributed by atoms with van der Waals surface area (Å²) >= 11 is 0. The highest BCUT2D eigenvalue weighted by atomic mass is 16.6. The Labute approximate surface area is 148 Å². The van der Waals surface area contributed by atoms with Gasteiger partial charge >= 0.3 is 11.7 Å². The lowest BCUT2D eigenvalue weighted by atomic mass is 10.2. The van der Waals surface area contributed by atoms with Gasteiger partial charge in [-0.2, -0.15) is 4.98 Å². The molecule has 1 fully saturated rings. The number of hydrogen-bond donors (Lipinski definition) is 1. The Morgan fingerprint density at radius 2 is 2.19 bits per heavy atom. The van der Waals surface area contributed by atoms with Crippen LogP contribution in [0.2, 0.25) is 0 Å². The summed E-state index contributed by atoms with van der Waals surface area (Å²) in [6, 6.07) is 7.41. The maximum absolute atomic E-state index is 10.7. The molecule has 0 spiro atoms. The van der Waals surface area contributed by atoms with E-state index in [9.17, 15) is 10.1 Å². The largest absolute Gasteiger partial charge is 0.489 e. The van der Waals surface area contributed by atoms with Crippen molar-refractivity contribution in [1.82, 2.24) is 25.0 Å². The normalized spacial score (nSPS) is 17.5. The van der Waals surface area contributed by atoms with Gasteiger partial charge in [-0.05, 0) is 42.7 Å². The van der Waals surface area contributed by atoms with Gasteiger partial charge in [0.05, 0.1) is 0 Å². The van der Waals surface area contributed by atoms with Crippen LogP contribution in [0.3, 0.4) is 0 Å². The standard InChI is InChI=1S/C16H16N6O4/c1-21-7-6-12(9-21)25-11-4-2-10(3-5-11)14-19-16(26-20-14)15-17-8-13(18-15)22(23)24/h2-5,8,12H,6-7,9H2,1H3,(H,17,18). The molecule has 0 saturated carbocycles. The van der Waals surface area contributed by atoms with E-state index in [-0.39, 0.29) is 23.6 Å². The average molecular weight is 356 g/mol. The number of nitrogens with zero attached hydrogens (tertiary/aromatic N) is 5. The molecule has 3 heterocycles. The van der Waals surface area contributed by atoms with Gasteiger partial charge in [-0.15, -0.1) is 0 Å². The molecule has 0 amide bonds. The lowest BCUT2D eigenvalue weighted by Crippen LogP contribution is -2.21. The fourth-order valence-electron chi connectivity index (χ4n) is 2.82. The molecule has 1 saturated heterocycles. The van der Waals surface area contributed by atoms with Crippen LogP contribution in [0.5, 0.6) is 5.75 Å². The van der Waals surface area contributed by atoms with Gasteiger partial charge in [-0.1, -0.05) is 5.16 Å². The molecule has 26 heavy (non-hydrogen) atoms. The first kappa shape index (κ1) is 16.2. The first-order chi connectivity index (χ1) is 12.6. The van der Waals surface area contributed by atoms with E-state index in [0.29, 0.717) is 5.82 Å². The number of imidazole rings is 1. The van der Waals surface area contributed by atoms with Crippen molar-refractivity contribution < 1.29 is 14.2 Å². The van der Waals surface area contributed by atoms with Crippen LogP contribution in [0.4, 0.5) is 5.82 Å². The van der Waals surface area contributed by atoms with Gasteiger partial charge in [0.25, 0.3) is 5.82 Å². The van der Waals surface area contributed by atoms with Crippen molar-refractivity contribution in [3.63, 3.8) is 0 Å². The third-order valence-corrected chi connectivity index (χ3v) is 4.15. The highest BCUT2D eigenvalue weighted by Gasteiger charge is 2.21. The van der Waals surface area contributed by atoms with E-state index in [4.69, 9.17) is 9.26 Å². The predicted octanol–water partition coefficient (Wildman–Crippen LogP) is 2.12. The molecule has 3 aromatic rings. The molecule has 1 atom stereocenters. The minimum atomic E-state index is -0.575. The molecule has 2 aromatic heterocycles. The molecular formula is C16H16N6O4. The van der Waals surface area contributed by atoms with E-state index < -0.39 is 4.92 Å². The molecule has 0 bridgehead atoms. The molecule has 134 valence electrons. The summed E-state index contributed by atoms with van der Waals surface area (Å²) in [5.41, 5.74) is 0.747. The van der Waals surface area contributed by atoms with Crippen LogP contribution in [0.15, 0.2) is 35.0 Å². The number of likely N-dealkylation sites (N-methyl/N-ethyl adjacent to an activating group) is 1. The smallest absolute Gasteiger partial charge is 0.341 e. The topological polar surface area (TPSA) is 123 Å². The summed E-state index contributed by atoms with van der Waals surface area (Å²) in [5.74, 6) is 1.16. The Hall–Kier alpha value is -3.27. The van der Waals surface area contributed by atoms with Crippen LogP contribution in [0.1, 0.15) is 6.42 Å². The minimum absolute atomic E-state index is 0.0856. The second-order valence-electron chi connectivity index (χ2n) is 6.11. The Balaban J connectivity index is 1.47. The summed E-state index contributed by atoms with van der Waals surface area (Å²) in [5, 5.41) is 14.6. The monoisotopic (exact) mass is 356 g/mol. The van der Waals surface area contributed by atoms with Gasteiger partial charge in [0.2, 0.25) is 5.82 Å². The molecule has 0 radical (unpaired) electrons. The van der Waals surface area contributed by atoms with Crippen LogP contribution < -0.4 is 4.74 Å². The zero-order chi connectivity index (χ0) is 18.1. The molecule has 1 N–H and O–H groups in total. The Kier molecular flexibility index (Phi) is 4.09. The number of likely N-dealkylation sites (tertiary alicyclic amines) is 1. The highest BCUT2D eigenvalue weighted by Crippen LogP contribution is 2.24. The summed E-state index contributed by atoms with van der Waals surface area (Å²) < 4.78 is 11.1. The van der Waals surface area contributed by atoms with Gasteiger partial charge in [-0.25, -0.2) is 9.97 Å². The van der Waals surface area contributed by atoms with E-state index in [1.165, 1.54) is 0 Å². The van der Waals surface area contributed by atoms with E-state index in [0.717, 1.165) is 37.0 Å². The lowest BCUT2D eigenvalue weighted by molar-refractivity contribution is -0.389. The third-order valence-electron chi connectivity index (χ3n) is 4.15. The number of nitro groups is 1. The maximum atomic E-state index is 10.7. The molecule has 4 rings (SSSR count). The number of ether oxygens (including phenoxy) is 1. The van der Waals surface area contributed by atoms with Gasteiger partial charge in [-0.3, -0.25) is 0 Å². The Bertz CT molecular complexity index is 919. The van der Waals surface area contributed by atoms with Crippen LogP contribution in [0, 0.1) is 10.1 Å². The van der Waals surface area contributed by atoms with Crippen LogP contribution in [-0.2, 0) is 0 Å². The van der Waals surface area contributed by atoms with E-state index >= 15 is 0 Å². The number of benzene rings is 1. The van der Waals surface area contributed by atoms with E-state index in [1.807, 2.05) is 24.3 Å². The molecule has 10 heteroatoms. The zero-order valence-electron chi connectivity index (χ0n) is 14.0. The molecule has 1 aromatic carbocycles.